The quantitative estimate of drug-likeness (QED) is 0.585. The van der Waals surface area contributed by atoms with Crippen molar-refractivity contribution in [3.05, 3.63) is 0 Å². The molecule has 3 heteroatoms. The maximum Gasteiger partial charge on any atom is 0.0852 e. The highest BCUT2D eigenvalue weighted by molar-refractivity contribution is 7.01. The van der Waals surface area contributed by atoms with E-state index in [4.69, 9.17) is 0 Å². The summed E-state index contributed by atoms with van der Waals surface area (Å²) in [7, 11) is 1.08. The van der Waals surface area contributed by atoms with Gasteiger partial charge in [-0.15, -0.1) is 0 Å². The third kappa shape index (κ3) is 2.99. The zero-order chi connectivity index (χ0) is 7.40. The van der Waals surface area contributed by atoms with Gasteiger partial charge in [0.15, 0.2) is 0 Å². The van der Waals surface area contributed by atoms with Crippen molar-refractivity contribution in [2.75, 3.05) is 0 Å². The lowest BCUT2D eigenvalue weighted by Crippen LogP contribution is -2.41. The third-order valence-electron chi connectivity index (χ3n) is 2.17. The second kappa shape index (κ2) is 4.31. The minimum atomic E-state index is -0.355. The van der Waals surface area contributed by atoms with Gasteiger partial charge in [-0.05, 0) is 18.9 Å². The van der Waals surface area contributed by atoms with Gasteiger partial charge in [-0.3, -0.25) is 0 Å². The van der Waals surface area contributed by atoms with E-state index in [1.165, 1.54) is 41.9 Å². The number of rotatable bonds is 2. The van der Waals surface area contributed by atoms with Crippen LogP contribution >= 0.6 is 0 Å². The molecule has 1 rings (SSSR count). The van der Waals surface area contributed by atoms with Crippen LogP contribution in [0.5, 0.6) is 0 Å². The predicted molar refractivity (Wildman–Crippen MR) is 53.0 cm³/mol. The van der Waals surface area contributed by atoms with Gasteiger partial charge in [0.2, 0.25) is 0 Å². The molecule has 0 aromatic carbocycles. The highest BCUT2D eigenvalue weighted by atomic mass is 29.2. The first kappa shape index (κ1) is 8.49. The Morgan fingerprint density at radius 3 is 2.40 bits per heavy atom. The van der Waals surface area contributed by atoms with Crippen LogP contribution in [0.15, 0.2) is 0 Å². The monoisotopic (exact) mass is 173 g/mol. The molecule has 0 aromatic rings. The van der Waals surface area contributed by atoms with Gasteiger partial charge < -0.3 is 4.98 Å². The van der Waals surface area contributed by atoms with E-state index in [1.807, 2.05) is 0 Å². The summed E-state index contributed by atoms with van der Waals surface area (Å²) in [5.41, 5.74) is 0. The SMILES string of the molecule is C[SiH]([SiH3])NC1CCCCC1. The summed E-state index contributed by atoms with van der Waals surface area (Å²) >= 11 is 0. The van der Waals surface area contributed by atoms with Crippen molar-refractivity contribution < 1.29 is 0 Å². The van der Waals surface area contributed by atoms with Crippen LogP contribution in [0, 0.1) is 0 Å². The van der Waals surface area contributed by atoms with Gasteiger partial charge in [-0.2, -0.15) is 0 Å². The van der Waals surface area contributed by atoms with Crippen LogP contribution in [0.2, 0.25) is 6.55 Å². The molecule has 1 saturated carbocycles. The molecule has 1 aliphatic rings. The van der Waals surface area contributed by atoms with Crippen molar-refractivity contribution in [3.63, 3.8) is 0 Å². The molecular weight excluding hydrogens is 154 g/mol. The second-order valence-corrected chi connectivity index (χ2v) is 11.5. The molecule has 1 N–H and O–H groups in total. The van der Waals surface area contributed by atoms with Crippen molar-refractivity contribution in [3.8, 4) is 0 Å². The summed E-state index contributed by atoms with van der Waals surface area (Å²) < 4.78 is 0. The molecule has 1 fully saturated rings. The minimum absolute atomic E-state index is 0.355. The Morgan fingerprint density at radius 1 is 1.30 bits per heavy atom. The van der Waals surface area contributed by atoms with Gasteiger partial charge in [0.1, 0.15) is 0 Å². The molecular formula is C7H19NSi2. The molecule has 0 aliphatic heterocycles. The molecule has 1 nitrogen and oxygen atoms in total. The average Bonchev–Trinajstić information content (AvgIpc) is 1.88. The zero-order valence-electron chi connectivity index (χ0n) is 7.19. The Kier molecular flexibility index (Phi) is 3.66. The first-order chi connectivity index (χ1) is 4.79. The summed E-state index contributed by atoms with van der Waals surface area (Å²) in [5, 5.41) is 0. The van der Waals surface area contributed by atoms with Crippen molar-refractivity contribution in [2.45, 2.75) is 44.7 Å². The van der Waals surface area contributed by atoms with Gasteiger partial charge in [0.05, 0.1) is 8.48 Å². The lowest BCUT2D eigenvalue weighted by Gasteiger charge is -2.24. The summed E-state index contributed by atoms with van der Waals surface area (Å²) in [6.07, 6.45) is 7.34. The van der Waals surface area contributed by atoms with Crippen molar-refractivity contribution in [2.24, 2.45) is 0 Å². The van der Waals surface area contributed by atoms with Gasteiger partial charge in [-0.25, -0.2) is 0 Å². The highest BCUT2D eigenvalue weighted by Crippen LogP contribution is 2.17. The molecule has 0 radical (unpaired) electrons. The van der Waals surface area contributed by atoms with Crippen LogP contribution in [0.4, 0.5) is 0 Å². The topological polar surface area (TPSA) is 12.0 Å². The molecule has 60 valence electrons. The fourth-order valence-corrected chi connectivity index (χ4v) is 4.43. The third-order valence-corrected chi connectivity index (χ3v) is 4.31. The fourth-order valence-electron chi connectivity index (χ4n) is 1.74. The summed E-state index contributed by atoms with van der Waals surface area (Å²) in [5.74, 6) is 0. The summed E-state index contributed by atoms with van der Waals surface area (Å²) in [6.45, 7) is 2.43. The summed E-state index contributed by atoms with van der Waals surface area (Å²) in [4.78, 5) is 3.78. The zero-order valence-corrected chi connectivity index (χ0v) is 10.3. The normalized spacial score (nSPS) is 24.9. The maximum atomic E-state index is 3.78. The van der Waals surface area contributed by atoms with E-state index in [0.717, 1.165) is 6.04 Å². The van der Waals surface area contributed by atoms with Crippen molar-refractivity contribution in [1.82, 2.24) is 4.98 Å². The van der Waals surface area contributed by atoms with Crippen molar-refractivity contribution in [1.29, 1.82) is 0 Å². The average molecular weight is 173 g/mol. The molecule has 0 bridgehead atoms. The van der Waals surface area contributed by atoms with E-state index < -0.39 is 0 Å². The molecule has 1 aliphatic carbocycles. The van der Waals surface area contributed by atoms with Gasteiger partial charge in [-0.1, -0.05) is 25.8 Å². The lowest BCUT2D eigenvalue weighted by atomic mass is 9.96. The van der Waals surface area contributed by atoms with E-state index in [2.05, 4.69) is 11.5 Å². The molecule has 1 atom stereocenters. The number of hydrogen-bond acceptors (Lipinski definition) is 1. The van der Waals surface area contributed by atoms with Crippen LogP contribution in [-0.4, -0.2) is 24.3 Å². The molecule has 0 saturated heterocycles. The minimum Gasteiger partial charge on any atom is -0.340 e. The largest absolute Gasteiger partial charge is 0.340 e. The number of nitrogens with one attached hydrogen (secondary N) is 1. The number of hydrogen-bond donors (Lipinski definition) is 1. The molecule has 0 aromatic heterocycles. The molecule has 0 amide bonds. The predicted octanol–water partition coefficient (Wildman–Crippen LogP) is 0.124. The van der Waals surface area contributed by atoms with Gasteiger partial charge in [0, 0.05) is 9.76 Å². The first-order valence-electron chi connectivity index (χ1n) is 4.55. The second-order valence-electron chi connectivity index (χ2n) is 3.66. The van der Waals surface area contributed by atoms with Crippen LogP contribution in [0.3, 0.4) is 0 Å². The smallest absolute Gasteiger partial charge is 0.0852 e. The van der Waals surface area contributed by atoms with E-state index in [0.29, 0.717) is 0 Å². The highest BCUT2D eigenvalue weighted by Gasteiger charge is 2.12. The van der Waals surface area contributed by atoms with E-state index in [1.54, 1.807) is 0 Å². The van der Waals surface area contributed by atoms with Crippen LogP contribution in [0.25, 0.3) is 0 Å². The maximum absolute atomic E-state index is 3.78. The van der Waals surface area contributed by atoms with Crippen LogP contribution in [-0.2, 0) is 0 Å². The Labute approximate surface area is 68.5 Å². The molecule has 10 heavy (non-hydrogen) atoms. The van der Waals surface area contributed by atoms with E-state index >= 15 is 0 Å². The van der Waals surface area contributed by atoms with Crippen molar-refractivity contribution >= 4 is 18.2 Å². The van der Waals surface area contributed by atoms with E-state index in [9.17, 15) is 0 Å². The Hall–Kier alpha value is 0.394. The Bertz CT molecular complexity index is 89.6. The molecule has 0 spiro atoms. The summed E-state index contributed by atoms with van der Waals surface area (Å²) in [6, 6.07) is 0.924. The van der Waals surface area contributed by atoms with Gasteiger partial charge >= 0.3 is 0 Å². The van der Waals surface area contributed by atoms with Crippen LogP contribution < -0.4 is 4.98 Å². The standard InChI is InChI=1S/C7H19NSi2/c1-10(9)8-7-5-3-2-4-6-7/h7-8,10H,2-6H2,1,9H3. The first-order valence-corrected chi connectivity index (χ1v) is 10.9. The van der Waals surface area contributed by atoms with Crippen LogP contribution in [0.1, 0.15) is 32.1 Å². The lowest BCUT2D eigenvalue weighted by molar-refractivity contribution is 0.418. The Morgan fingerprint density at radius 2 is 1.90 bits per heavy atom. The Balaban J connectivity index is 2.13. The van der Waals surface area contributed by atoms with E-state index in [-0.39, 0.29) is 8.48 Å². The molecule has 1 unspecified atom stereocenters. The van der Waals surface area contributed by atoms with Gasteiger partial charge in [0.25, 0.3) is 0 Å². The fraction of sp³-hybridized carbons (Fsp3) is 1.00. The molecule has 0 heterocycles.